The molecule has 14 rings (SSSR count). The van der Waals surface area contributed by atoms with Crippen LogP contribution in [0.15, 0.2) is 279 Å². The standard InChI is InChI=1S/C56H36N2.C12H10/c1-3-15-41(16-4-1)57(45-31-33-47-49-19-7-11-39-13-9-21-51(55(39)49)53(47)35-45)43-27-23-37(24-28-43)38-25-29-44(30-26-38)58(42-17-5-2-6-18-42)46-32-34-48-50-20-8-12-40-14-10-22-52(56(40)50)54(48)36-46;1-3-7-11(8-4-1)12-9-5-2-6-10-12/h1-36H;1-10H. The predicted octanol–water partition coefficient (Wildman–Crippen LogP) is 19.2. The summed E-state index contributed by atoms with van der Waals surface area (Å²) in [6.07, 6.45) is 0. The monoisotopic (exact) mass is 890 g/mol. The Hall–Kier alpha value is -9.24. The molecule has 0 saturated heterocycles. The first-order valence-electron chi connectivity index (χ1n) is 24.1. The number of benzene rings is 12. The minimum atomic E-state index is 1.12. The number of nitrogens with zero attached hydrogens (tertiary/aromatic N) is 2. The van der Waals surface area contributed by atoms with Crippen LogP contribution in [0.5, 0.6) is 0 Å². The van der Waals surface area contributed by atoms with E-state index in [4.69, 9.17) is 0 Å². The summed E-state index contributed by atoms with van der Waals surface area (Å²) in [6.45, 7) is 0. The third-order valence-electron chi connectivity index (χ3n) is 14.0. The third kappa shape index (κ3) is 7.22. The van der Waals surface area contributed by atoms with Crippen molar-refractivity contribution in [2.45, 2.75) is 0 Å². The van der Waals surface area contributed by atoms with Gasteiger partial charge < -0.3 is 9.80 Å². The van der Waals surface area contributed by atoms with Gasteiger partial charge in [0.2, 0.25) is 0 Å². The van der Waals surface area contributed by atoms with Gasteiger partial charge in [0, 0.05) is 34.1 Å². The van der Waals surface area contributed by atoms with Crippen molar-refractivity contribution in [2.24, 2.45) is 0 Å². The summed E-state index contributed by atoms with van der Waals surface area (Å²) in [7, 11) is 0. The van der Waals surface area contributed by atoms with E-state index in [1.54, 1.807) is 0 Å². The van der Waals surface area contributed by atoms with Gasteiger partial charge in [-0.05, 0) is 161 Å². The third-order valence-corrected chi connectivity index (χ3v) is 14.0. The Balaban J connectivity index is 0.000000350. The number of hydrogen-bond acceptors (Lipinski definition) is 2. The summed E-state index contributed by atoms with van der Waals surface area (Å²) >= 11 is 0. The Morgan fingerprint density at radius 3 is 0.814 bits per heavy atom. The normalized spacial score (nSPS) is 11.4. The van der Waals surface area contributed by atoms with Crippen LogP contribution in [-0.4, -0.2) is 0 Å². The molecule has 0 heterocycles. The maximum atomic E-state index is 2.36. The van der Waals surface area contributed by atoms with Crippen LogP contribution in [-0.2, 0) is 0 Å². The van der Waals surface area contributed by atoms with Crippen molar-refractivity contribution in [2.75, 3.05) is 9.80 Å². The second-order valence-electron chi connectivity index (χ2n) is 18.0. The highest BCUT2D eigenvalue weighted by Crippen LogP contribution is 2.51. The van der Waals surface area contributed by atoms with Crippen molar-refractivity contribution in [3.05, 3.63) is 279 Å². The molecule has 0 aliphatic heterocycles. The molecule has 2 aliphatic rings. The fraction of sp³-hybridized carbons (Fsp3) is 0. The maximum absolute atomic E-state index is 2.36. The Morgan fingerprint density at radius 2 is 0.457 bits per heavy atom. The molecule has 0 aromatic heterocycles. The molecule has 0 bridgehead atoms. The fourth-order valence-electron chi connectivity index (χ4n) is 10.8. The van der Waals surface area contributed by atoms with Crippen LogP contribution in [0.4, 0.5) is 34.1 Å². The lowest BCUT2D eigenvalue weighted by atomic mass is 10.0. The Morgan fingerprint density at radius 1 is 0.171 bits per heavy atom. The molecule has 0 radical (unpaired) electrons. The van der Waals surface area contributed by atoms with Gasteiger partial charge in [-0.15, -0.1) is 0 Å². The first kappa shape index (κ1) is 41.0. The molecule has 0 spiro atoms. The van der Waals surface area contributed by atoms with E-state index in [1.807, 2.05) is 12.1 Å². The van der Waals surface area contributed by atoms with E-state index in [0.29, 0.717) is 0 Å². The van der Waals surface area contributed by atoms with Gasteiger partial charge in [0.25, 0.3) is 0 Å². The van der Waals surface area contributed by atoms with Gasteiger partial charge in [0.15, 0.2) is 0 Å². The number of rotatable bonds is 8. The lowest BCUT2D eigenvalue weighted by molar-refractivity contribution is 1.28. The molecule has 2 nitrogen and oxygen atoms in total. The highest BCUT2D eigenvalue weighted by Gasteiger charge is 2.25. The molecule has 70 heavy (non-hydrogen) atoms. The lowest BCUT2D eigenvalue weighted by Crippen LogP contribution is -2.10. The summed E-state index contributed by atoms with van der Waals surface area (Å²) in [5.41, 5.74) is 22.1. The Kier molecular flexibility index (Phi) is 10.2. The van der Waals surface area contributed by atoms with E-state index in [2.05, 4.69) is 277 Å². The van der Waals surface area contributed by atoms with Gasteiger partial charge in [-0.3, -0.25) is 0 Å². The van der Waals surface area contributed by atoms with Crippen LogP contribution in [0, 0.1) is 0 Å². The molecule has 0 amide bonds. The quantitative estimate of drug-likeness (QED) is 0.150. The van der Waals surface area contributed by atoms with E-state index in [0.717, 1.165) is 34.1 Å². The Labute approximate surface area is 409 Å². The van der Waals surface area contributed by atoms with E-state index < -0.39 is 0 Å². The summed E-state index contributed by atoms with van der Waals surface area (Å²) in [6, 6.07) is 101. The van der Waals surface area contributed by atoms with Crippen molar-refractivity contribution in [1.29, 1.82) is 0 Å². The summed E-state index contributed by atoms with van der Waals surface area (Å²) in [4.78, 5) is 4.73. The zero-order chi connectivity index (χ0) is 46.4. The molecule has 2 heteroatoms. The molecule has 0 fully saturated rings. The minimum absolute atomic E-state index is 1.12. The SMILES string of the molecule is c1ccc(-c2ccccc2)cc1.c1ccc(N(c2ccc(-c3ccc(N(c4ccccc4)c4ccc5c(c4)-c4cccc6cccc-5c46)cc3)cc2)c2ccc3c(c2)-c2cccc4cccc-3c24)cc1. The van der Waals surface area contributed by atoms with E-state index >= 15 is 0 Å². The van der Waals surface area contributed by atoms with Crippen molar-refractivity contribution in [3.63, 3.8) is 0 Å². The number of fused-ring (bicyclic) bond motifs is 6. The van der Waals surface area contributed by atoms with E-state index in [-0.39, 0.29) is 0 Å². The largest absolute Gasteiger partial charge is 0.310 e. The van der Waals surface area contributed by atoms with Crippen LogP contribution < -0.4 is 9.80 Å². The molecule has 328 valence electrons. The fourth-order valence-corrected chi connectivity index (χ4v) is 10.8. The number of para-hydroxylation sites is 2. The average molecular weight is 891 g/mol. The zero-order valence-electron chi connectivity index (χ0n) is 38.5. The second-order valence-corrected chi connectivity index (χ2v) is 18.0. The highest BCUT2D eigenvalue weighted by molar-refractivity contribution is 6.17. The van der Waals surface area contributed by atoms with Crippen LogP contribution in [0.25, 0.3) is 88.3 Å². The number of hydrogen-bond donors (Lipinski definition) is 0. The zero-order valence-corrected chi connectivity index (χ0v) is 38.5. The average Bonchev–Trinajstić information content (AvgIpc) is 3.94. The molecule has 12 aromatic rings. The molecule has 0 unspecified atom stereocenters. The van der Waals surface area contributed by atoms with Crippen molar-refractivity contribution in [1.82, 2.24) is 0 Å². The predicted molar refractivity (Wildman–Crippen MR) is 297 cm³/mol. The van der Waals surface area contributed by atoms with E-state index in [9.17, 15) is 0 Å². The van der Waals surface area contributed by atoms with Gasteiger partial charge >= 0.3 is 0 Å². The maximum Gasteiger partial charge on any atom is 0.0468 e. The second kappa shape index (κ2) is 17.4. The molecular weight excluding hydrogens is 845 g/mol. The van der Waals surface area contributed by atoms with Gasteiger partial charge in [0.1, 0.15) is 0 Å². The van der Waals surface area contributed by atoms with Gasteiger partial charge in [-0.2, -0.15) is 0 Å². The molecule has 12 aromatic carbocycles. The first-order chi connectivity index (χ1) is 34.7. The minimum Gasteiger partial charge on any atom is -0.310 e. The highest BCUT2D eigenvalue weighted by atomic mass is 15.1. The molecule has 2 aliphatic carbocycles. The summed E-state index contributed by atoms with van der Waals surface area (Å²) in [5.74, 6) is 0. The topological polar surface area (TPSA) is 6.48 Å². The number of anilines is 6. The van der Waals surface area contributed by atoms with Crippen molar-refractivity contribution in [3.8, 4) is 66.8 Å². The molecule has 0 atom stereocenters. The van der Waals surface area contributed by atoms with Crippen molar-refractivity contribution < 1.29 is 0 Å². The van der Waals surface area contributed by atoms with Gasteiger partial charge in [0.05, 0.1) is 0 Å². The molecular formula is C68H46N2. The van der Waals surface area contributed by atoms with Crippen LogP contribution in [0.1, 0.15) is 0 Å². The smallest absolute Gasteiger partial charge is 0.0468 e. The molecule has 0 saturated carbocycles. The lowest BCUT2D eigenvalue weighted by Gasteiger charge is -2.27. The molecule has 0 N–H and O–H groups in total. The van der Waals surface area contributed by atoms with Crippen molar-refractivity contribution >= 4 is 55.7 Å². The van der Waals surface area contributed by atoms with Crippen LogP contribution in [0.3, 0.4) is 0 Å². The van der Waals surface area contributed by atoms with Crippen LogP contribution in [0.2, 0.25) is 0 Å². The van der Waals surface area contributed by atoms with Crippen LogP contribution >= 0.6 is 0 Å². The first-order valence-corrected chi connectivity index (χ1v) is 24.1. The van der Waals surface area contributed by atoms with E-state index in [1.165, 1.54) is 88.3 Å². The summed E-state index contributed by atoms with van der Waals surface area (Å²) < 4.78 is 0. The Bertz CT molecular complexity index is 3580. The van der Waals surface area contributed by atoms with Gasteiger partial charge in [-0.25, -0.2) is 0 Å². The summed E-state index contributed by atoms with van der Waals surface area (Å²) in [5, 5.41) is 5.27. The van der Waals surface area contributed by atoms with Gasteiger partial charge in [-0.1, -0.05) is 206 Å².